The lowest BCUT2D eigenvalue weighted by Gasteiger charge is -2.24. The third kappa shape index (κ3) is 5.41. The molecule has 0 nitrogen and oxygen atoms in total. The van der Waals surface area contributed by atoms with E-state index in [4.69, 9.17) is 11.6 Å². The molecule has 2 unspecified atom stereocenters. The van der Waals surface area contributed by atoms with Crippen molar-refractivity contribution in [2.24, 2.45) is 17.8 Å². The van der Waals surface area contributed by atoms with Crippen molar-refractivity contribution in [2.45, 2.75) is 41.0 Å². The third-order valence-electron chi connectivity index (χ3n) is 3.39. The molecular formula is C14H25Cl. The Labute approximate surface area is 100 Å². The Balaban J connectivity index is 4.34. The van der Waals surface area contributed by atoms with Crippen LogP contribution >= 0.6 is 11.6 Å². The van der Waals surface area contributed by atoms with E-state index in [1.165, 1.54) is 5.57 Å². The number of halogens is 1. The van der Waals surface area contributed by atoms with Gasteiger partial charge in [-0.3, -0.25) is 0 Å². The minimum absolute atomic E-state index is 0.584. The van der Waals surface area contributed by atoms with E-state index in [0.717, 1.165) is 17.9 Å². The molecule has 0 fully saturated rings. The zero-order valence-electron chi connectivity index (χ0n) is 10.8. The second-order valence-electron chi connectivity index (χ2n) is 4.92. The molecule has 0 aromatic carbocycles. The standard InChI is InChI=1S/C14H25Cl/c1-10(2)12(5)7-8-14(9-15)13(6)11(3)4/h7,11,13-14H,1,8-9H2,2-6H3. The predicted molar refractivity (Wildman–Crippen MR) is 71.4 cm³/mol. The second kappa shape index (κ2) is 7.11. The van der Waals surface area contributed by atoms with Crippen molar-refractivity contribution in [3.05, 3.63) is 23.8 Å². The molecule has 0 spiro atoms. The van der Waals surface area contributed by atoms with Crippen LogP contribution in [0, 0.1) is 17.8 Å². The fourth-order valence-corrected chi connectivity index (χ4v) is 1.87. The fourth-order valence-electron chi connectivity index (χ4n) is 1.46. The smallest absolute Gasteiger partial charge is 0.0257 e. The van der Waals surface area contributed by atoms with Crippen molar-refractivity contribution in [3.63, 3.8) is 0 Å². The van der Waals surface area contributed by atoms with Crippen LogP contribution in [0.25, 0.3) is 0 Å². The second-order valence-corrected chi connectivity index (χ2v) is 5.23. The highest BCUT2D eigenvalue weighted by molar-refractivity contribution is 6.18. The van der Waals surface area contributed by atoms with Crippen molar-refractivity contribution < 1.29 is 0 Å². The first-order valence-corrected chi connectivity index (χ1v) is 6.32. The molecule has 0 amide bonds. The van der Waals surface area contributed by atoms with Gasteiger partial charge in [-0.15, -0.1) is 11.6 Å². The molecule has 2 atom stereocenters. The molecule has 0 heterocycles. The van der Waals surface area contributed by atoms with Crippen LogP contribution in [0.3, 0.4) is 0 Å². The van der Waals surface area contributed by atoms with Gasteiger partial charge in [-0.25, -0.2) is 0 Å². The summed E-state index contributed by atoms with van der Waals surface area (Å²) in [5, 5.41) is 0. The number of rotatable bonds is 6. The summed E-state index contributed by atoms with van der Waals surface area (Å²) >= 11 is 6.02. The molecule has 15 heavy (non-hydrogen) atoms. The van der Waals surface area contributed by atoms with Crippen molar-refractivity contribution in [1.29, 1.82) is 0 Å². The SMILES string of the molecule is C=C(C)C(C)=CCC(CCl)C(C)C(C)C. The Morgan fingerprint density at radius 3 is 2.13 bits per heavy atom. The third-order valence-corrected chi connectivity index (χ3v) is 3.79. The maximum atomic E-state index is 6.02. The Hall–Kier alpha value is -0.230. The minimum atomic E-state index is 0.584. The van der Waals surface area contributed by atoms with Crippen LogP contribution in [0.15, 0.2) is 23.8 Å². The summed E-state index contributed by atoms with van der Waals surface area (Å²) in [7, 11) is 0. The average molecular weight is 229 g/mol. The maximum absolute atomic E-state index is 6.02. The molecule has 0 aliphatic heterocycles. The first kappa shape index (κ1) is 14.8. The zero-order valence-corrected chi connectivity index (χ0v) is 11.6. The molecule has 0 saturated carbocycles. The monoisotopic (exact) mass is 228 g/mol. The van der Waals surface area contributed by atoms with Crippen molar-refractivity contribution in [2.75, 3.05) is 5.88 Å². The summed E-state index contributed by atoms with van der Waals surface area (Å²) in [6.45, 7) is 14.9. The van der Waals surface area contributed by atoms with E-state index in [2.05, 4.69) is 40.3 Å². The summed E-state index contributed by atoms with van der Waals surface area (Å²) in [4.78, 5) is 0. The number of hydrogen-bond acceptors (Lipinski definition) is 0. The van der Waals surface area contributed by atoms with Gasteiger partial charge >= 0.3 is 0 Å². The molecule has 0 saturated heterocycles. The molecular weight excluding hydrogens is 204 g/mol. The average Bonchev–Trinajstić information content (AvgIpc) is 2.17. The Bertz CT molecular complexity index is 225. The van der Waals surface area contributed by atoms with E-state index >= 15 is 0 Å². The van der Waals surface area contributed by atoms with Gasteiger partial charge in [-0.2, -0.15) is 0 Å². The van der Waals surface area contributed by atoms with Crippen LogP contribution in [-0.4, -0.2) is 5.88 Å². The van der Waals surface area contributed by atoms with Gasteiger partial charge in [0.1, 0.15) is 0 Å². The first-order chi connectivity index (χ1) is 6.90. The number of alkyl halides is 1. The fraction of sp³-hybridized carbons (Fsp3) is 0.714. The summed E-state index contributed by atoms with van der Waals surface area (Å²) in [5.74, 6) is 2.71. The normalized spacial score (nSPS) is 16.6. The van der Waals surface area contributed by atoms with Crippen LogP contribution in [0.2, 0.25) is 0 Å². The van der Waals surface area contributed by atoms with Crippen LogP contribution in [-0.2, 0) is 0 Å². The molecule has 0 rings (SSSR count). The lowest BCUT2D eigenvalue weighted by molar-refractivity contribution is 0.301. The summed E-state index contributed by atoms with van der Waals surface area (Å²) in [6.07, 6.45) is 3.34. The van der Waals surface area contributed by atoms with Crippen molar-refractivity contribution >= 4 is 11.6 Å². The van der Waals surface area contributed by atoms with Gasteiger partial charge in [0.05, 0.1) is 0 Å². The lowest BCUT2D eigenvalue weighted by atomic mass is 9.83. The lowest BCUT2D eigenvalue weighted by Crippen LogP contribution is -2.18. The van der Waals surface area contributed by atoms with Gasteiger partial charge in [-0.1, -0.05) is 44.6 Å². The largest absolute Gasteiger partial charge is 0.126 e. The van der Waals surface area contributed by atoms with Gasteiger partial charge in [0, 0.05) is 5.88 Å². The van der Waals surface area contributed by atoms with Gasteiger partial charge < -0.3 is 0 Å². The predicted octanol–water partition coefficient (Wildman–Crippen LogP) is 5.05. The molecule has 88 valence electrons. The van der Waals surface area contributed by atoms with Gasteiger partial charge in [0.2, 0.25) is 0 Å². The molecule has 0 aromatic rings. The van der Waals surface area contributed by atoms with Crippen LogP contribution in [0.1, 0.15) is 41.0 Å². The summed E-state index contributed by atoms with van der Waals surface area (Å²) in [6, 6.07) is 0. The molecule has 1 heteroatoms. The van der Waals surface area contributed by atoms with Crippen molar-refractivity contribution in [3.8, 4) is 0 Å². The van der Waals surface area contributed by atoms with Gasteiger partial charge in [0.25, 0.3) is 0 Å². The molecule has 0 radical (unpaired) electrons. The summed E-state index contributed by atoms with van der Waals surface area (Å²) < 4.78 is 0. The highest BCUT2D eigenvalue weighted by atomic mass is 35.5. The number of allylic oxidation sites excluding steroid dienone is 3. The van der Waals surface area contributed by atoms with Crippen LogP contribution in [0.5, 0.6) is 0 Å². The van der Waals surface area contributed by atoms with E-state index in [0.29, 0.717) is 17.8 Å². The van der Waals surface area contributed by atoms with Gasteiger partial charge in [-0.05, 0) is 38.0 Å². The van der Waals surface area contributed by atoms with E-state index in [1.54, 1.807) is 0 Å². The quantitative estimate of drug-likeness (QED) is 0.441. The van der Waals surface area contributed by atoms with E-state index in [-0.39, 0.29) is 0 Å². The summed E-state index contributed by atoms with van der Waals surface area (Å²) in [5.41, 5.74) is 2.45. The zero-order chi connectivity index (χ0) is 12.0. The minimum Gasteiger partial charge on any atom is -0.126 e. The topological polar surface area (TPSA) is 0 Å². The molecule has 0 aromatic heterocycles. The van der Waals surface area contributed by atoms with E-state index in [9.17, 15) is 0 Å². The molecule has 0 N–H and O–H groups in total. The van der Waals surface area contributed by atoms with Crippen LogP contribution < -0.4 is 0 Å². The highest BCUT2D eigenvalue weighted by Gasteiger charge is 2.18. The van der Waals surface area contributed by atoms with Crippen molar-refractivity contribution in [1.82, 2.24) is 0 Å². The van der Waals surface area contributed by atoms with E-state index < -0.39 is 0 Å². The molecule has 0 aliphatic rings. The Morgan fingerprint density at radius 1 is 1.27 bits per heavy atom. The Kier molecular flexibility index (Phi) is 7.00. The van der Waals surface area contributed by atoms with E-state index in [1.807, 2.05) is 6.92 Å². The van der Waals surface area contributed by atoms with Gasteiger partial charge in [0.15, 0.2) is 0 Å². The molecule has 0 bridgehead atoms. The Morgan fingerprint density at radius 2 is 1.80 bits per heavy atom. The molecule has 0 aliphatic carbocycles. The maximum Gasteiger partial charge on any atom is 0.0257 e. The number of hydrogen-bond donors (Lipinski definition) is 0. The first-order valence-electron chi connectivity index (χ1n) is 5.78. The highest BCUT2D eigenvalue weighted by Crippen LogP contribution is 2.25. The van der Waals surface area contributed by atoms with Crippen LogP contribution in [0.4, 0.5) is 0 Å².